The number of amides is 1. The Morgan fingerprint density at radius 2 is 2.38 bits per heavy atom. The smallest absolute Gasteiger partial charge is 0.252 e. The Morgan fingerprint density at radius 3 is 2.92 bits per heavy atom. The van der Waals surface area contributed by atoms with Crippen LogP contribution < -0.4 is 11.1 Å². The van der Waals surface area contributed by atoms with Crippen molar-refractivity contribution >= 4 is 27.7 Å². The first-order chi connectivity index (χ1) is 6.15. The molecular formula is C8H10BrN3O. The lowest BCUT2D eigenvalue weighted by Gasteiger charge is -2.06. The third-order valence-electron chi connectivity index (χ3n) is 1.47. The Morgan fingerprint density at radius 1 is 1.69 bits per heavy atom. The number of primary amides is 1. The van der Waals surface area contributed by atoms with Gasteiger partial charge in [-0.3, -0.25) is 4.79 Å². The van der Waals surface area contributed by atoms with E-state index in [-0.39, 0.29) is 0 Å². The van der Waals surface area contributed by atoms with Gasteiger partial charge >= 0.3 is 0 Å². The van der Waals surface area contributed by atoms with E-state index in [1.807, 2.05) is 6.92 Å². The van der Waals surface area contributed by atoms with Crippen molar-refractivity contribution in [2.75, 3.05) is 11.9 Å². The number of halogens is 1. The minimum atomic E-state index is -0.476. The molecule has 0 aliphatic carbocycles. The summed E-state index contributed by atoms with van der Waals surface area (Å²) in [5.41, 5.74) is 5.57. The van der Waals surface area contributed by atoms with Crippen molar-refractivity contribution in [3.63, 3.8) is 0 Å². The molecular weight excluding hydrogens is 234 g/mol. The Kier molecular flexibility index (Phi) is 3.25. The maximum absolute atomic E-state index is 10.9. The summed E-state index contributed by atoms with van der Waals surface area (Å²) in [5.74, 6) is 0.0420. The number of aromatic nitrogens is 1. The molecule has 0 atom stereocenters. The number of hydrogen-bond donors (Lipinski definition) is 2. The lowest BCUT2D eigenvalue weighted by molar-refractivity contribution is 0.100. The molecule has 3 N–H and O–H groups in total. The van der Waals surface area contributed by atoms with E-state index >= 15 is 0 Å². The number of nitrogens with two attached hydrogens (primary N) is 1. The van der Waals surface area contributed by atoms with E-state index in [9.17, 15) is 4.79 Å². The zero-order chi connectivity index (χ0) is 9.84. The average Bonchev–Trinajstić information content (AvgIpc) is 2.04. The van der Waals surface area contributed by atoms with E-state index in [1.54, 1.807) is 12.1 Å². The second kappa shape index (κ2) is 4.23. The van der Waals surface area contributed by atoms with Crippen LogP contribution in [0.15, 0.2) is 16.7 Å². The van der Waals surface area contributed by atoms with Gasteiger partial charge in [-0.1, -0.05) is 0 Å². The van der Waals surface area contributed by atoms with Crippen molar-refractivity contribution in [1.82, 2.24) is 4.98 Å². The number of hydrogen-bond acceptors (Lipinski definition) is 3. The molecule has 0 bridgehead atoms. The molecule has 1 amide bonds. The van der Waals surface area contributed by atoms with E-state index in [0.29, 0.717) is 22.5 Å². The highest BCUT2D eigenvalue weighted by Crippen LogP contribution is 2.15. The summed E-state index contributed by atoms with van der Waals surface area (Å²) in [6, 6.07) is 3.32. The topological polar surface area (TPSA) is 68.0 Å². The van der Waals surface area contributed by atoms with Crippen LogP contribution >= 0.6 is 15.9 Å². The molecule has 13 heavy (non-hydrogen) atoms. The standard InChI is InChI=1S/C8H10BrN3O/c1-2-11-8-5(7(10)13)3-4-6(9)12-8/h3-4H,2H2,1H3,(H2,10,13)(H,11,12). The third-order valence-corrected chi connectivity index (χ3v) is 1.91. The lowest BCUT2D eigenvalue weighted by atomic mass is 10.2. The molecule has 1 aromatic heterocycles. The first kappa shape index (κ1) is 9.98. The van der Waals surface area contributed by atoms with Crippen molar-refractivity contribution in [2.24, 2.45) is 5.73 Å². The van der Waals surface area contributed by atoms with E-state index < -0.39 is 5.91 Å². The molecule has 70 valence electrons. The summed E-state index contributed by atoms with van der Waals surface area (Å²) >= 11 is 3.21. The number of rotatable bonds is 3. The molecule has 0 unspecified atom stereocenters. The number of carbonyl (C=O) groups is 1. The summed E-state index contributed by atoms with van der Waals surface area (Å²) in [6.45, 7) is 2.62. The fraction of sp³-hybridized carbons (Fsp3) is 0.250. The van der Waals surface area contributed by atoms with Gasteiger partial charge in [0.25, 0.3) is 5.91 Å². The number of carbonyl (C=O) groups excluding carboxylic acids is 1. The van der Waals surface area contributed by atoms with Crippen molar-refractivity contribution in [3.05, 3.63) is 22.3 Å². The number of pyridine rings is 1. The van der Waals surface area contributed by atoms with Crippen molar-refractivity contribution in [1.29, 1.82) is 0 Å². The normalized spacial score (nSPS) is 9.69. The molecule has 0 radical (unpaired) electrons. The number of anilines is 1. The Bertz CT molecular complexity index is 327. The molecule has 1 aromatic rings. The van der Waals surface area contributed by atoms with E-state index in [0.717, 1.165) is 0 Å². The van der Waals surface area contributed by atoms with E-state index in [2.05, 4.69) is 26.2 Å². The van der Waals surface area contributed by atoms with Crippen LogP contribution in [0.5, 0.6) is 0 Å². The first-order valence-electron chi connectivity index (χ1n) is 3.85. The molecule has 0 saturated carbocycles. The lowest BCUT2D eigenvalue weighted by Crippen LogP contribution is -2.15. The largest absolute Gasteiger partial charge is 0.370 e. The van der Waals surface area contributed by atoms with Gasteiger partial charge in [-0.2, -0.15) is 0 Å². The quantitative estimate of drug-likeness (QED) is 0.789. The molecule has 0 spiro atoms. The van der Waals surface area contributed by atoms with Crippen molar-refractivity contribution < 1.29 is 4.79 Å². The first-order valence-corrected chi connectivity index (χ1v) is 4.64. The van der Waals surface area contributed by atoms with Crippen LogP contribution in [-0.4, -0.2) is 17.4 Å². The predicted octanol–water partition coefficient (Wildman–Crippen LogP) is 1.37. The zero-order valence-corrected chi connectivity index (χ0v) is 8.76. The third kappa shape index (κ3) is 2.42. The van der Waals surface area contributed by atoms with Crippen LogP contribution in [0.1, 0.15) is 17.3 Å². The van der Waals surface area contributed by atoms with Gasteiger partial charge in [0.1, 0.15) is 10.4 Å². The van der Waals surface area contributed by atoms with Crippen LogP contribution in [0.4, 0.5) is 5.82 Å². The zero-order valence-electron chi connectivity index (χ0n) is 7.17. The van der Waals surface area contributed by atoms with Gasteiger partial charge in [-0.15, -0.1) is 0 Å². The minimum absolute atomic E-state index is 0.407. The van der Waals surface area contributed by atoms with Gasteiger partial charge in [0, 0.05) is 6.54 Å². The SMILES string of the molecule is CCNc1nc(Br)ccc1C(N)=O. The van der Waals surface area contributed by atoms with Gasteiger partial charge in [0.15, 0.2) is 0 Å². The number of nitrogens with one attached hydrogen (secondary N) is 1. The number of nitrogens with zero attached hydrogens (tertiary/aromatic N) is 1. The molecule has 4 nitrogen and oxygen atoms in total. The van der Waals surface area contributed by atoms with Crippen LogP contribution in [0.2, 0.25) is 0 Å². The molecule has 0 saturated heterocycles. The van der Waals surface area contributed by atoms with Gasteiger partial charge in [-0.25, -0.2) is 4.98 Å². The van der Waals surface area contributed by atoms with Crippen molar-refractivity contribution in [3.8, 4) is 0 Å². The Balaban J connectivity index is 3.10. The van der Waals surface area contributed by atoms with Crippen molar-refractivity contribution in [2.45, 2.75) is 6.92 Å². The Labute approximate surface area is 84.7 Å². The molecule has 1 heterocycles. The highest BCUT2D eigenvalue weighted by Gasteiger charge is 2.08. The minimum Gasteiger partial charge on any atom is -0.370 e. The summed E-state index contributed by atoms with van der Waals surface area (Å²) in [7, 11) is 0. The molecule has 5 heteroatoms. The van der Waals surface area contributed by atoms with Gasteiger partial charge in [0.05, 0.1) is 5.56 Å². The van der Waals surface area contributed by atoms with Crippen LogP contribution in [0.3, 0.4) is 0 Å². The maximum atomic E-state index is 10.9. The Hall–Kier alpha value is -1.10. The fourth-order valence-corrected chi connectivity index (χ4v) is 1.25. The molecule has 1 rings (SSSR count). The highest BCUT2D eigenvalue weighted by atomic mass is 79.9. The summed E-state index contributed by atoms with van der Waals surface area (Å²) in [5, 5.41) is 2.96. The van der Waals surface area contributed by atoms with Crippen LogP contribution in [0.25, 0.3) is 0 Å². The van der Waals surface area contributed by atoms with Gasteiger partial charge in [-0.05, 0) is 35.0 Å². The maximum Gasteiger partial charge on any atom is 0.252 e. The monoisotopic (exact) mass is 243 g/mol. The summed E-state index contributed by atoms with van der Waals surface area (Å²) < 4.78 is 0.674. The predicted molar refractivity (Wildman–Crippen MR) is 54.6 cm³/mol. The summed E-state index contributed by atoms with van der Waals surface area (Å²) in [4.78, 5) is 15.0. The molecule has 0 aliphatic rings. The van der Waals surface area contributed by atoms with Crippen LogP contribution in [-0.2, 0) is 0 Å². The molecule has 0 aliphatic heterocycles. The van der Waals surface area contributed by atoms with Crippen LogP contribution in [0, 0.1) is 0 Å². The molecule has 0 aromatic carbocycles. The fourth-order valence-electron chi connectivity index (χ4n) is 0.936. The van der Waals surface area contributed by atoms with Gasteiger partial charge in [0.2, 0.25) is 0 Å². The van der Waals surface area contributed by atoms with Gasteiger partial charge < -0.3 is 11.1 Å². The highest BCUT2D eigenvalue weighted by molar-refractivity contribution is 9.10. The van der Waals surface area contributed by atoms with E-state index in [1.165, 1.54) is 0 Å². The summed E-state index contributed by atoms with van der Waals surface area (Å²) in [6.07, 6.45) is 0. The van der Waals surface area contributed by atoms with E-state index in [4.69, 9.17) is 5.73 Å². The second-order valence-corrected chi connectivity index (χ2v) is 3.24. The second-order valence-electron chi connectivity index (χ2n) is 2.42. The molecule has 0 fully saturated rings. The average molecular weight is 244 g/mol.